The molecule has 0 spiro atoms. The molecule has 9 aliphatic carbocycles. The van der Waals surface area contributed by atoms with E-state index in [0.29, 0.717) is 0 Å². The first-order chi connectivity index (χ1) is 22.8. The minimum Gasteiger partial charge on any atom is -0.0617 e. The lowest BCUT2D eigenvalue weighted by Crippen LogP contribution is -2.55. The number of allylic oxidation sites excluding steroid dienone is 4. The van der Waals surface area contributed by atoms with Gasteiger partial charge in [0.25, 0.3) is 0 Å². The molecule has 8 fully saturated rings. The Bertz CT molecular complexity index is 1040. The fraction of sp³-hybridized carbons (Fsp3) is 0.913. The maximum atomic E-state index is 2.52. The minimum absolute atomic E-state index is 0.899. The van der Waals surface area contributed by atoms with Crippen LogP contribution in [-0.2, 0) is 0 Å². The van der Waals surface area contributed by atoms with Crippen LogP contribution in [0.25, 0.3) is 0 Å². The van der Waals surface area contributed by atoms with E-state index in [0.717, 1.165) is 88.8 Å². The highest BCUT2D eigenvalue weighted by molar-refractivity contribution is 5.37. The first-order valence-electron chi connectivity index (χ1n) is 22.2. The summed E-state index contributed by atoms with van der Waals surface area (Å²) in [5.74, 6) is 16.2. The van der Waals surface area contributed by atoms with Crippen molar-refractivity contribution in [1.82, 2.24) is 0 Å². The molecule has 0 aliphatic heterocycles. The maximum Gasteiger partial charge on any atom is -0.0159 e. The molecule has 256 valence electrons. The highest BCUT2D eigenvalue weighted by atomic mass is 14.6. The minimum atomic E-state index is 0.899. The summed E-state index contributed by atoms with van der Waals surface area (Å²) >= 11 is 0. The van der Waals surface area contributed by atoms with Crippen molar-refractivity contribution in [3.63, 3.8) is 0 Å². The molecule has 12 unspecified atom stereocenters. The van der Waals surface area contributed by atoms with Gasteiger partial charge in [-0.3, -0.25) is 0 Å². The zero-order valence-corrected chi connectivity index (χ0v) is 30.0. The van der Waals surface area contributed by atoms with Gasteiger partial charge in [0.1, 0.15) is 0 Å². The van der Waals surface area contributed by atoms with E-state index in [9.17, 15) is 0 Å². The predicted octanol–water partition coefficient (Wildman–Crippen LogP) is 13.4. The lowest BCUT2D eigenvalue weighted by molar-refractivity contribution is -0.130. The summed E-state index contributed by atoms with van der Waals surface area (Å²) < 4.78 is 0. The number of rotatable bonds is 5. The Morgan fingerprint density at radius 3 is 1.39 bits per heavy atom. The third-order valence-corrected chi connectivity index (χ3v) is 18.0. The maximum absolute atomic E-state index is 2.52. The van der Waals surface area contributed by atoms with Gasteiger partial charge >= 0.3 is 0 Å². The fourth-order valence-corrected chi connectivity index (χ4v) is 16.1. The van der Waals surface area contributed by atoms with Crippen LogP contribution in [0.15, 0.2) is 23.8 Å². The summed E-state index contributed by atoms with van der Waals surface area (Å²) in [6, 6.07) is 0. The number of hydrogen-bond acceptors (Lipinski definition) is 0. The van der Waals surface area contributed by atoms with Crippen molar-refractivity contribution in [2.75, 3.05) is 0 Å². The van der Waals surface area contributed by atoms with E-state index < -0.39 is 0 Å². The molecule has 8 saturated carbocycles. The molecular formula is C46H72. The van der Waals surface area contributed by atoms with Crippen LogP contribution in [0.1, 0.15) is 173 Å². The largest absolute Gasteiger partial charge is 0.0617 e. The van der Waals surface area contributed by atoms with E-state index in [1.54, 1.807) is 160 Å². The molecule has 9 rings (SSSR count). The number of hydrogen-bond donors (Lipinski definition) is 0. The van der Waals surface area contributed by atoms with Gasteiger partial charge in [-0.15, -0.1) is 0 Å². The van der Waals surface area contributed by atoms with Gasteiger partial charge in [0.05, 0.1) is 0 Å². The molecule has 12 atom stereocenters. The zero-order valence-electron chi connectivity index (χ0n) is 30.0. The molecule has 0 heteroatoms. The van der Waals surface area contributed by atoms with E-state index in [1.807, 2.05) is 0 Å². The van der Waals surface area contributed by atoms with Crippen LogP contribution in [-0.4, -0.2) is 0 Å². The van der Waals surface area contributed by atoms with Gasteiger partial charge in [-0.05, 0) is 165 Å². The van der Waals surface area contributed by atoms with E-state index in [-0.39, 0.29) is 0 Å². The molecule has 0 aromatic heterocycles. The van der Waals surface area contributed by atoms with E-state index in [4.69, 9.17) is 0 Å². The van der Waals surface area contributed by atoms with Crippen LogP contribution < -0.4 is 0 Å². The van der Waals surface area contributed by atoms with Crippen LogP contribution in [0.4, 0.5) is 0 Å². The summed E-state index contributed by atoms with van der Waals surface area (Å²) in [7, 11) is 0. The first-order valence-corrected chi connectivity index (χ1v) is 22.2. The van der Waals surface area contributed by atoms with Gasteiger partial charge in [0, 0.05) is 0 Å². The molecule has 0 nitrogen and oxygen atoms in total. The second-order valence-corrected chi connectivity index (χ2v) is 19.8. The summed E-state index contributed by atoms with van der Waals surface area (Å²) in [6.07, 6.45) is 50.2. The van der Waals surface area contributed by atoms with Gasteiger partial charge in [-0.2, -0.15) is 0 Å². The Morgan fingerprint density at radius 2 is 0.783 bits per heavy atom. The Balaban J connectivity index is 1.04. The molecule has 0 heterocycles. The molecule has 9 aliphatic rings. The van der Waals surface area contributed by atoms with Crippen molar-refractivity contribution in [3.8, 4) is 0 Å². The van der Waals surface area contributed by atoms with Gasteiger partial charge in [0.2, 0.25) is 0 Å². The molecule has 0 N–H and O–H groups in total. The topological polar surface area (TPSA) is 0 Å². The van der Waals surface area contributed by atoms with Gasteiger partial charge < -0.3 is 0 Å². The second kappa shape index (κ2) is 14.0. The van der Waals surface area contributed by atoms with Gasteiger partial charge in [-0.25, -0.2) is 0 Å². The van der Waals surface area contributed by atoms with Crippen LogP contribution in [0.5, 0.6) is 0 Å². The molecule has 0 amide bonds. The quantitative estimate of drug-likeness (QED) is 0.285. The van der Waals surface area contributed by atoms with Gasteiger partial charge in [-0.1, -0.05) is 121 Å². The standard InChI is InChI=1S/C46H72/c1-3-12-32(13-4-1)38-27-39(33-14-5-2-6-15-33)29-40(28-38)46-42-21-10-9-20-41(42)45(37-23-22-34-16-7-8-17-35(34)26-37)43-25-24-36(30-44(43)46)31-18-11-19-31/h11,18-19,32-46H,1-10,12-17,20-30H2. The average Bonchev–Trinajstić information content (AvgIpc) is 3.10. The number of fused-ring (bicyclic) bond motifs is 3. The Hall–Kier alpha value is -0.520. The molecule has 0 saturated heterocycles. The van der Waals surface area contributed by atoms with Crippen LogP contribution in [0.2, 0.25) is 0 Å². The fourth-order valence-electron chi connectivity index (χ4n) is 16.1. The summed E-state index contributed by atoms with van der Waals surface area (Å²) in [5.41, 5.74) is 1.76. The van der Waals surface area contributed by atoms with Crippen molar-refractivity contribution >= 4 is 0 Å². The summed E-state index contributed by atoms with van der Waals surface area (Å²) in [5, 5.41) is 0. The predicted molar refractivity (Wildman–Crippen MR) is 194 cm³/mol. The molecule has 0 aromatic carbocycles. The summed E-state index contributed by atoms with van der Waals surface area (Å²) in [6.45, 7) is 0. The molecule has 0 radical (unpaired) electrons. The SMILES string of the molecule is C1=CC(C2CCC3C(C2)C(C2CC(C4CCCCC4)CC(C4CCCCC4)C2)C2CCCCC2C3C2CCC3CCCCC3C2)=C1. The van der Waals surface area contributed by atoms with E-state index in [2.05, 4.69) is 18.2 Å². The van der Waals surface area contributed by atoms with E-state index in [1.165, 1.54) is 19.3 Å². The van der Waals surface area contributed by atoms with Crippen molar-refractivity contribution < 1.29 is 0 Å². The third-order valence-electron chi connectivity index (χ3n) is 18.0. The lowest BCUT2D eigenvalue weighted by Gasteiger charge is -2.62. The Labute approximate surface area is 285 Å². The van der Waals surface area contributed by atoms with Crippen LogP contribution in [0.3, 0.4) is 0 Å². The van der Waals surface area contributed by atoms with Crippen molar-refractivity contribution in [3.05, 3.63) is 23.8 Å². The highest BCUT2D eigenvalue weighted by Crippen LogP contribution is 2.65. The van der Waals surface area contributed by atoms with Crippen LogP contribution in [0, 0.1) is 88.8 Å². The monoisotopic (exact) mass is 625 g/mol. The smallest absolute Gasteiger partial charge is 0.0159 e. The van der Waals surface area contributed by atoms with Crippen molar-refractivity contribution in [1.29, 1.82) is 0 Å². The molecule has 46 heavy (non-hydrogen) atoms. The summed E-state index contributed by atoms with van der Waals surface area (Å²) in [4.78, 5) is 0. The molecular weight excluding hydrogens is 553 g/mol. The lowest BCUT2D eigenvalue weighted by atomic mass is 9.43. The molecule has 0 bridgehead atoms. The van der Waals surface area contributed by atoms with Crippen molar-refractivity contribution in [2.45, 2.75) is 173 Å². The average molecular weight is 625 g/mol. The zero-order chi connectivity index (χ0) is 30.5. The van der Waals surface area contributed by atoms with Crippen LogP contribution >= 0.6 is 0 Å². The van der Waals surface area contributed by atoms with Crippen molar-refractivity contribution in [2.24, 2.45) is 88.8 Å². The highest BCUT2D eigenvalue weighted by Gasteiger charge is 2.57. The van der Waals surface area contributed by atoms with E-state index >= 15 is 0 Å². The molecule has 0 aromatic rings. The van der Waals surface area contributed by atoms with Gasteiger partial charge in [0.15, 0.2) is 0 Å². The normalized spacial score (nSPS) is 48.8. The Kier molecular flexibility index (Phi) is 9.58. The second-order valence-electron chi connectivity index (χ2n) is 19.8. The third kappa shape index (κ3) is 6.09. The Morgan fingerprint density at radius 1 is 0.326 bits per heavy atom. The first kappa shape index (κ1) is 31.5.